The smallest absolute Gasteiger partial charge is 0.548 e. The summed E-state index contributed by atoms with van der Waals surface area (Å²) in [6.45, 7) is 2.82. The first kappa shape index (κ1) is 24.6. The molecule has 5 heteroatoms. The number of carboxylic acids is 1. The first-order valence-electron chi connectivity index (χ1n) is 9.67. The molecule has 134 valence electrons. The summed E-state index contributed by atoms with van der Waals surface area (Å²) in [6, 6.07) is -0.685. The fraction of sp³-hybridized carbons (Fsp3) is 0.895. The second-order valence-electron chi connectivity index (χ2n) is 6.85. The first-order chi connectivity index (χ1) is 11.2. The SMILES string of the molecule is CCCCCCCCCCCCCC(=O)N1CCC[C@H]1C(=O)[O-].[K+]. The molecule has 1 atom stereocenters. The number of unbranched alkanes of at least 4 members (excludes halogenated alkanes) is 10. The second-order valence-corrected chi connectivity index (χ2v) is 6.85. The van der Waals surface area contributed by atoms with Gasteiger partial charge in [0.2, 0.25) is 5.91 Å². The molecule has 0 spiro atoms. The molecule has 24 heavy (non-hydrogen) atoms. The van der Waals surface area contributed by atoms with Gasteiger partial charge in [-0.25, -0.2) is 0 Å². The Labute approximate surface area is 190 Å². The Hall–Kier alpha value is 0.576. The average Bonchev–Trinajstić information content (AvgIpc) is 3.02. The van der Waals surface area contributed by atoms with Gasteiger partial charge >= 0.3 is 51.4 Å². The van der Waals surface area contributed by atoms with E-state index in [-0.39, 0.29) is 57.3 Å². The van der Waals surface area contributed by atoms with Gasteiger partial charge in [0.1, 0.15) is 0 Å². The van der Waals surface area contributed by atoms with Gasteiger partial charge in [0.25, 0.3) is 0 Å². The number of carbonyl (C=O) groups excluding carboxylic acids is 2. The fourth-order valence-electron chi connectivity index (χ4n) is 3.39. The molecule has 0 aromatic carbocycles. The molecule has 0 radical (unpaired) electrons. The van der Waals surface area contributed by atoms with E-state index >= 15 is 0 Å². The van der Waals surface area contributed by atoms with Gasteiger partial charge in [-0.15, -0.1) is 0 Å². The van der Waals surface area contributed by atoms with E-state index in [0.717, 1.165) is 19.3 Å². The molecule has 0 aromatic rings. The monoisotopic (exact) mass is 363 g/mol. The summed E-state index contributed by atoms with van der Waals surface area (Å²) in [7, 11) is 0. The molecule has 1 aliphatic heterocycles. The number of carboxylic acid groups (broad SMARTS) is 1. The third kappa shape index (κ3) is 10.5. The van der Waals surface area contributed by atoms with Crippen molar-refractivity contribution in [3.05, 3.63) is 0 Å². The molecule has 1 saturated heterocycles. The average molecular weight is 364 g/mol. The summed E-state index contributed by atoms with van der Waals surface area (Å²) < 4.78 is 0. The number of rotatable bonds is 13. The molecule has 1 amide bonds. The minimum absolute atomic E-state index is 0. The summed E-state index contributed by atoms with van der Waals surface area (Å²) in [5.74, 6) is -1.11. The van der Waals surface area contributed by atoms with Crippen LogP contribution in [-0.2, 0) is 9.59 Å². The summed E-state index contributed by atoms with van der Waals surface area (Å²) >= 11 is 0. The van der Waals surface area contributed by atoms with Crippen LogP contribution in [0.5, 0.6) is 0 Å². The quantitative estimate of drug-likeness (QED) is 0.352. The van der Waals surface area contributed by atoms with E-state index in [1.807, 2.05) is 0 Å². The molecule has 1 aliphatic rings. The molecule has 1 fully saturated rings. The van der Waals surface area contributed by atoms with Gasteiger partial charge < -0.3 is 14.8 Å². The summed E-state index contributed by atoms with van der Waals surface area (Å²) in [4.78, 5) is 24.5. The van der Waals surface area contributed by atoms with E-state index in [1.54, 1.807) is 0 Å². The van der Waals surface area contributed by atoms with Gasteiger partial charge in [0.15, 0.2) is 0 Å². The largest absolute Gasteiger partial charge is 1.00 e. The van der Waals surface area contributed by atoms with E-state index in [4.69, 9.17) is 0 Å². The Balaban J connectivity index is 0.00000529. The maximum absolute atomic E-state index is 12.1. The molecular formula is C19H34KNO3. The zero-order valence-corrected chi connectivity index (χ0v) is 19.0. The van der Waals surface area contributed by atoms with Crippen LogP contribution in [0.2, 0.25) is 0 Å². The van der Waals surface area contributed by atoms with Crippen LogP contribution in [0.25, 0.3) is 0 Å². The summed E-state index contributed by atoms with van der Waals surface area (Å²) in [6.07, 6.45) is 15.6. The molecule has 4 nitrogen and oxygen atoms in total. The van der Waals surface area contributed by atoms with Crippen LogP contribution in [0.1, 0.15) is 96.8 Å². The van der Waals surface area contributed by atoms with E-state index in [2.05, 4.69) is 6.92 Å². The molecule has 0 bridgehead atoms. The van der Waals surface area contributed by atoms with Gasteiger partial charge in [0, 0.05) is 13.0 Å². The number of likely N-dealkylation sites (tertiary alicyclic amines) is 1. The third-order valence-corrected chi connectivity index (χ3v) is 4.84. The molecule has 0 N–H and O–H groups in total. The van der Waals surface area contributed by atoms with E-state index < -0.39 is 12.0 Å². The van der Waals surface area contributed by atoms with Crippen molar-refractivity contribution in [1.29, 1.82) is 0 Å². The minimum Gasteiger partial charge on any atom is -0.548 e. The van der Waals surface area contributed by atoms with Crippen molar-refractivity contribution in [1.82, 2.24) is 4.90 Å². The topological polar surface area (TPSA) is 60.4 Å². The fourth-order valence-corrected chi connectivity index (χ4v) is 3.39. The van der Waals surface area contributed by atoms with Crippen LogP contribution in [0, 0.1) is 0 Å². The molecule has 0 saturated carbocycles. The van der Waals surface area contributed by atoms with Crippen LogP contribution >= 0.6 is 0 Å². The Morgan fingerprint density at radius 2 is 1.42 bits per heavy atom. The number of amides is 1. The molecule has 0 aromatic heterocycles. The zero-order valence-electron chi connectivity index (χ0n) is 15.9. The Morgan fingerprint density at radius 3 is 1.92 bits per heavy atom. The van der Waals surface area contributed by atoms with Crippen molar-refractivity contribution in [3.63, 3.8) is 0 Å². The zero-order chi connectivity index (χ0) is 16.9. The Kier molecular flexibility index (Phi) is 16.2. The third-order valence-electron chi connectivity index (χ3n) is 4.84. The van der Waals surface area contributed by atoms with Crippen molar-refractivity contribution in [2.24, 2.45) is 0 Å². The number of carbonyl (C=O) groups is 2. The van der Waals surface area contributed by atoms with Crippen LogP contribution in [-0.4, -0.2) is 29.4 Å². The number of hydrogen-bond donors (Lipinski definition) is 0. The van der Waals surface area contributed by atoms with Crippen molar-refractivity contribution in [2.45, 2.75) is 103 Å². The van der Waals surface area contributed by atoms with Gasteiger partial charge in [0.05, 0.1) is 12.0 Å². The Bertz CT molecular complexity index is 350. The van der Waals surface area contributed by atoms with E-state index in [9.17, 15) is 14.7 Å². The molecule has 1 rings (SSSR count). The van der Waals surface area contributed by atoms with Gasteiger partial charge in [-0.1, -0.05) is 71.1 Å². The maximum atomic E-state index is 12.1. The first-order valence-corrected chi connectivity index (χ1v) is 9.67. The van der Waals surface area contributed by atoms with Gasteiger partial charge in [-0.3, -0.25) is 4.79 Å². The Morgan fingerprint density at radius 1 is 0.917 bits per heavy atom. The summed E-state index contributed by atoms with van der Waals surface area (Å²) in [5.41, 5.74) is 0. The molecule has 1 heterocycles. The van der Waals surface area contributed by atoms with E-state index in [0.29, 0.717) is 19.4 Å². The van der Waals surface area contributed by atoms with Crippen LogP contribution < -0.4 is 56.5 Å². The van der Waals surface area contributed by atoms with Crippen molar-refractivity contribution in [2.75, 3.05) is 6.54 Å². The standard InChI is InChI=1S/C19H35NO3.K/c1-2-3-4-5-6-7-8-9-10-11-12-15-18(21)20-16-13-14-17(20)19(22)23;/h17H,2-16H2,1H3,(H,22,23);/q;+1/p-1/t17-;/m0./s1. The maximum Gasteiger partial charge on any atom is 1.00 e. The molecule has 0 aliphatic carbocycles. The van der Waals surface area contributed by atoms with Gasteiger partial charge in [-0.05, 0) is 19.3 Å². The van der Waals surface area contributed by atoms with Crippen molar-refractivity contribution in [3.8, 4) is 0 Å². The van der Waals surface area contributed by atoms with Crippen molar-refractivity contribution < 1.29 is 66.1 Å². The molecular weight excluding hydrogens is 329 g/mol. The molecule has 0 unspecified atom stereocenters. The number of hydrogen-bond acceptors (Lipinski definition) is 3. The van der Waals surface area contributed by atoms with Gasteiger partial charge in [-0.2, -0.15) is 0 Å². The van der Waals surface area contributed by atoms with Crippen LogP contribution in [0.4, 0.5) is 0 Å². The predicted molar refractivity (Wildman–Crippen MR) is 90.8 cm³/mol. The summed E-state index contributed by atoms with van der Waals surface area (Å²) in [5, 5.41) is 11.0. The number of aliphatic carboxylic acids is 1. The second kappa shape index (κ2) is 15.8. The van der Waals surface area contributed by atoms with Crippen molar-refractivity contribution >= 4 is 11.9 Å². The van der Waals surface area contributed by atoms with Crippen LogP contribution in [0.15, 0.2) is 0 Å². The minimum atomic E-state index is -1.10. The van der Waals surface area contributed by atoms with Crippen LogP contribution in [0.3, 0.4) is 0 Å². The number of nitrogens with zero attached hydrogens (tertiary/aromatic N) is 1. The van der Waals surface area contributed by atoms with E-state index in [1.165, 1.54) is 62.7 Å². The normalized spacial score (nSPS) is 16.9. The predicted octanol–water partition coefficient (Wildman–Crippen LogP) is 0.432.